The summed E-state index contributed by atoms with van der Waals surface area (Å²) in [7, 11) is 0. The van der Waals surface area contributed by atoms with Gasteiger partial charge in [0.1, 0.15) is 6.54 Å². The molecule has 0 fully saturated rings. The molecule has 0 heterocycles. The monoisotopic (exact) mass is 299 g/mol. The van der Waals surface area contributed by atoms with E-state index in [2.05, 4.69) is 0 Å². The summed E-state index contributed by atoms with van der Waals surface area (Å²) in [6.45, 7) is 1.19. The van der Waals surface area contributed by atoms with E-state index in [1.54, 1.807) is 12.1 Å². The second kappa shape index (κ2) is 6.53. The molecule has 0 unspecified atom stereocenters. The maximum absolute atomic E-state index is 12.5. The highest BCUT2D eigenvalue weighted by Crippen LogP contribution is 2.27. The molecule has 18 heavy (non-hydrogen) atoms. The predicted octanol–water partition coefficient (Wildman–Crippen LogP) is 4.86. The summed E-state index contributed by atoms with van der Waals surface area (Å²) in [5, 5.41) is 0.394. The SMILES string of the molecule is CCCN(CC(F)(F)F)c1ccc(CCl)c(Cl)c1. The standard InChI is InChI=1S/C12H14Cl2F3N/c1-2-5-18(8-12(15,16)17)10-4-3-9(7-13)11(14)6-10/h3-4,6H,2,5,7-8H2,1H3. The zero-order chi connectivity index (χ0) is 13.8. The number of nitrogens with zero attached hydrogens (tertiary/aromatic N) is 1. The van der Waals surface area contributed by atoms with Crippen molar-refractivity contribution < 1.29 is 13.2 Å². The van der Waals surface area contributed by atoms with Crippen LogP contribution in [0.25, 0.3) is 0 Å². The van der Waals surface area contributed by atoms with E-state index in [-0.39, 0.29) is 5.88 Å². The van der Waals surface area contributed by atoms with Crippen molar-refractivity contribution in [1.29, 1.82) is 0 Å². The zero-order valence-corrected chi connectivity index (χ0v) is 11.4. The molecule has 1 nitrogen and oxygen atoms in total. The fourth-order valence-corrected chi connectivity index (χ4v) is 2.17. The fraction of sp³-hybridized carbons (Fsp3) is 0.500. The van der Waals surface area contributed by atoms with Gasteiger partial charge in [-0.3, -0.25) is 0 Å². The highest BCUT2D eigenvalue weighted by atomic mass is 35.5. The number of hydrogen-bond acceptors (Lipinski definition) is 1. The van der Waals surface area contributed by atoms with Crippen molar-refractivity contribution in [3.05, 3.63) is 28.8 Å². The first-order chi connectivity index (χ1) is 8.37. The highest BCUT2D eigenvalue weighted by molar-refractivity contribution is 6.32. The second-order valence-electron chi connectivity index (χ2n) is 3.95. The largest absolute Gasteiger partial charge is 0.405 e. The van der Waals surface area contributed by atoms with Crippen LogP contribution in [0.1, 0.15) is 18.9 Å². The van der Waals surface area contributed by atoms with Crippen molar-refractivity contribution >= 4 is 28.9 Å². The van der Waals surface area contributed by atoms with E-state index in [1.165, 1.54) is 11.0 Å². The lowest BCUT2D eigenvalue weighted by molar-refractivity contribution is -0.119. The Balaban J connectivity index is 2.95. The van der Waals surface area contributed by atoms with Gasteiger partial charge >= 0.3 is 6.18 Å². The average Bonchev–Trinajstić information content (AvgIpc) is 2.26. The van der Waals surface area contributed by atoms with Crippen LogP contribution in [0.4, 0.5) is 18.9 Å². The number of benzene rings is 1. The Labute approximate surface area is 114 Å². The van der Waals surface area contributed by atoms with E-state index in [1.807, 2.05) is 6.92 Å². The van der Waals surface area contributed by atoms with Crippen LogP contribution in [0, 0.1) is 0 Å². The Hall–Kier alpha value is -0.610. The topological polar surface area (TPSA) is 3.24 Å². The first-order valence-electron chi connectivity index (χ1n) is 5.53. The van der Waals surface area contributed by atoms with Crippen LogP contribution in [-0.4, -0.2) is 19.3 Å². The molecular weight excluding hydrogens is 286 g/mol. The molecule has 0 aromatic heterocycles. The smallest absolute Gasteiger partial charge is 0.363 e. The minimum absolute atomic E-state index is 0.242. The molecule has 0 aliphatic carbocycles. The van der Waals surface area contributed by atoms with Crippen LogP contribution in [0.2, 0.25) is 5.02 Å². The summed E-state index contributed by atoms with van der Waals surface area (Å²) < 4.78 is 37.4. The molecule has 6 heteroatoms. The Morgan fingerprint density at radius 2 is 1.94 bits per heavy atom. The summed E-state index contributed by atoms with van der Waals surface area (Å²) in [5.74, 6) is 0.242. The van der Waals surface area contributed by atoms with Gasteiger partial charge in [0.25, 0.3) is 0 Å². The van der Waals surface area contributed by atoms with Gasteiger partial charge in [-0.1, -0.05) is 24.6 Å². The van der Waals surface area contributed by atoms with E-state index in [0.29, 0.717) is 29.2 Å². The third-order valence-corrected chi connectivity index (χ3v) is 3.05. The molecule has 0 bridgehead atoms. The normalized spacial score (nSPS) is 11.7. The maximum Gasteiger partial charge on any atom is 0.405 e. The summed E-state index contributed by atoms with van der Waals surface area (Å²) in [4.78, 5) is 1.27. The number of halogens is 5. The lowest BCUT2D eigenvalue weighted by Gasteiger charge is -2.26. The third-order valence-electron chi connectivity index (χ3n) is 2.41. The molecule has 102 valence electrons. The van der Waals surface area contributed by atoms with Crippen LogP contribution < -0.4 is 4.90 Å². The van der Waals surface area contributed by atoms with E-state index >= 15 is 0 Å². The molecule has 1 aromatic carbocycles. The molecule has 0 saturated heterocycles. The van der Waals surface area contributed by atoms with Crippen LogP contribution in [0.15, 0.2) is 18.2 Å². The molecule has 1 rings (SSSR count). The summed E-state index contributed by atoms with van der Waals surface area (Å²) in [6, 6.07) is 4.80. The van der Waals surface area contributed by atoms with Gasteiger partial charge in [0, 0.05) is 23.1 Å². The quantitative estimate of drug-likeness (QED) is 0.702. The van der Waals surface area contributed by atoms with Crippen molar-refractivity contribution in [2.45, 2.75) is 25.4 Å². The molecule has 0 radical (unpaired) electrons. The molecule has 1 aromatic rings. The Morgan fingerprint density at radius 1 is 1.28 bits per heavy atom. The van der Waals surface area contributed by atoms with Gasteiger partial charge < -0.3 is 4.90 Å². The van der Waals surface area contributed by atoms with Crippen molar-refractivity contribution in [2.75, 3.05) is 18.0 Å². The molecule has 0 spiro atoms. The fourth-order valence-electron chi connectivity index (χ4n) is 1.63. The first kappa shape index (κ1) is 15.4. The summed E-state index contributed by atoms with van der Waals surface area (Å²) in [5.41, 5.74) is 1.18. The second-order valence-corrected chi connectivity index (χ2v) is 4.62. The molecule has 0 atom stereocenters. The van der Waals surface area contributed by atoms with Gasteiger partial charge in [-0.15, -0.1) is 11.6 Å². The van der Waals surface area contributed by atoms with E-state index in [4.69, 9.17) is 23.2 Å². The van der Waals surface area contributed by atoms with E-state index < -0.39 is 12.7 Å². The van der Waals surface area contributed by atoms with Crippen LogP contribution in [0.5, 0.6) is 0 Å². The number of alkyl halides is 4. The van der Waals surface area contributed by atoms with Crippen molar-refractivity contribution in [3.8, 4) is 0 Å². The average molecular weight is 300 g/mol. The maximum atomic E-state index is 12.5. The first-order valence-corrected chi connectivity index (χ1v) is 6.44. The Bertz CT molecular complexity index is 393. The number of rotatable bonds is 5. The summed E-state index contributed by atoms with van der Waals surface area (Å²) in [6.07, 6.45) is -3.60. The molecule has 0 aliphatic rings. The number of hydrogen-bond donors (Lipinski definition) is 0. The van der Waals surface area contributed by atoms with Gasteiger partial charge in [-0.25, -0.2) is 0 Å². The lowest BCUT2D eigenvalue weighted by atomic mass is 10.2. The molecule has 0 N–H and O–H groups in total. The zero-order valence-electron chi connectivity index (χ0n) is 9.90. The van der Waals surface area contributed by atoms with Gasteiger partial charge in [0.15, 0.2) is 0 Å². The van der Waals surface area contributed by atoms with Gasteiger partial charge in [0.05, 0.1) is 0 Å². The lowest BCUT2D eigenvalue weighted by Crippen LogP contribution is -2.34. The van der Waals surface area contributed by atoms with Crippen molar-refractivity contribution in [1.82, 2.24) is 0 Å². The Morgan fingerprint density at radius 3 is 2.39 bits per heavy atom. The predicted molar refractivity (Wildman–Crippen MR) is 69.6 cm³/mol. The molecular formula is C12H14Cl2F3N. The molecule has 0 saturated carbocycles. The minimum atomic E-state index is -4.23. The number of anilines is 1. The molecule has 0 amide bonds. The van der Waals surface area contributed by atoms with Crippen molar-refractivity contribution in [2.24, 2.45) is 0 Å². The van der Waals surface area contributed by atoms with Gasteiger partial charge in [-0.2, -0.15) is 13.2 Å². The van der Waals surface area contributed by atoms with E-state index in [9.17, 15) is 13.2 Å². The molecule has 0 aliphatic heterocycles. The summed E-state index contributed by atoms with van der Waals surface area (Å²) >= 11 is 11.6. The van der Waals surface area contributed by atoms with Crippen LogP contribution >= 0.6 is 23.2 Å². The van der Waals surface area contributed by atoms with E-state index in [0.717, 1.165) is 0 Å². The van der Waals surface area contributed by atoms with Gasteiger partial charge in [0.2, 0.25) is 0 Å². The van der Waals surface area contributed by atoms with Crippen molar-refractivity contribution in [3.63, 3.8) is 0 Å². The highest BCUT2D eigenvalue weighted by Gasteiger charge is 2.30. The van der Waals surface area contributed by atoms with Crippen LogP contribution in [0.3, 0.4) is 0 Å². The van der Waals surface area contributed by atoms with Gasteiger partial charge in [-0.05, 0) is 24.1 Å². The third kappa shape index (κ3) is 4.58. The van der Waals surface area contributed by atoms with Crippen LogP contribution in [-0.2, 0) is 5.88 Å². The minimum Gasteiger partial charge on any atom is -0.363 e. The Kier molecular flexibility index (Phi) is 5.60.